The molecule has 0 saturated carbocycles. The second-order valence-corrected chi connectivity index (χ2v) is 7.56. The number of hydrogen-bond donors (Lipinski definition) is 1. The Hall–Kier alpha value is -1.62. The molecule has 0 fully saturated rings. The Balaban J connectivity index is 2.22. The zero-order valence-corrected chi connectivity index (χ0v) is 13.8. The zero-order chi connectivity index (χ0) is 15.9. The lowest BCUT2D eigenvalue weighted by Crippen LogP contribution is -2.27. The predicted molar refractivity (Wildman–Crippen MR) is 89.1 cm³/mol. The maximum absolute atomic E-state index is 12.9. The Bertz CT molecular complexity index is 785. The van der Waals surface area contributed by atoms with Crippen LogP contribution in [-0.2, 0) is 19.4 Å². The van der Waals surface area contributed by atoms with Gasteiger partial charge in [0.05, 0.1) is 5.39 Å². The summed E-state index contributed by atoms with van der Waals surface area (Å²) >= 11 is 1.60. The molecule has 1 aliphatic rings. The van der Waals surface area contributed by atoms with Crippen LogP contribution < -0.4 is 5.56 Å². The fraction of sp³-hybridized carbons (Fsp3) is 0.529. The van der Waals surface area contributed by atoms with Gasteiger partial charge in [0.2, 0.25) is 0 Å². The highest BCUT2D eigenvalue weighted by Gasteiger charge is 2.22. The van der Waals surface area contributed by atoms with Crippen LogP contribution >= 0.6 is 11.3 Å². The molecule has 2 heterocycles. The Morgan fingerprint density at radius 1 is 1.36 bits per heavy atom. The molecule has 0 bridgehead atoms. The SMILES string of the molecule is CC(C)CCn1c(C(=O)O)cc2sc3c(c2c1=O)CCCC3. The highest BCUT2D eigenvalue weighted by Crippen LogP contribution is 2.35. The minimum atomic E-state index is -1.02. The third-order valence-corrected chi connectivity index (χ3v) is 5.60. The first kappa shape index (κ1) is 15.3. The van der Waals surface area contributed by atoms with Gasteiger partial charge in [0, 0.05) is 16.1 Å². The molecule has 0 radical (unpaired) electrons. The largest absolute Gasteiger partial charge is 0.477 e. The van der Waals surface area contributed by atoms with Crippen LogP contribution in [-0.4, -0.2) is 15.6 Å². The molecule has 3 rings (SSSR count). The summed E-state index contributed by atoms with van der Waals surface area (Å²) in [6, 6.07) is 1.70. The number of carbonyl (C=O) groups is 1. The topological polar surface area (TPSA) is 59.3 Å². The number of thiophene rings is 1. The molecule has 2 aromatic heterocycles. The summed E-state index contributed by atoms with van der Waals surface area (Å²) in [5, 5.41) is 10.2. The second kappa shape index (κ2) is 5.88. The monoisotopic (exact) mass is 319 g/mol. The quantitative estimate of drug-likeness (QED) is 0.935. The summed E-state index contributed by atoms with van der Waals surface area (Å²) in [7, 11) is 0. The summed E-state index contributed by atoms with van der Waals surface area (Å²) in [6.45, 7) is 4.63. The van der Waals surface area contributed by atoms with Gasteiger partial charge in [-0.15, -0.1) is 11.3 Å². The van der Waals surface area contributed by atoms with E-state index >= 15 is 0 Å². The first-order valence-electron chi connectivity index (χ1n) is 7.90. The lowest BCUT2D eigenvalue weighted by molar-refractivity contribution is 0.0683. The minimum Gasteiger partial charge on any atom is -0.477 e. The zero-order valence-electron chi connectivity index (χ0n) is 13.0. The first-order chi connectivity index (χ1) is 10.5. The van der Waals surface area contributed by atoms with E-state index in [1.54, 1.807) is 17.4 Å². The van der Waals surface area contributed by atoms with E-state index < -0.39 is 5.97 Å². The van der Waals surface area contributed by atoms with Crippen molar-refractivity contribution >= 4 is 27.4 Å². The molecule has 5 heteroatoms. The standard InChI is InChI=1S/C17H21NO3S/c1-10(2)7-8-18-12(17(20)21)9-14-15(16(18)19)11-5-3-4-6-13(11)22-14/h9-10H,3-8H2,1-2H3,(H,20,21). The average Bonchev–Trinajstić information content (AvgIpc) is 2.84. The number of fused-ring (bicyclic) bond motifs is 3. The lowest BCUT2D eigenvalue weighted by atomic mass is 9.96. The Morgan fingerprint density at radius 3 is 2.77 bits per heavy atom. The number of pyridine rings is 1. The molecule has 0 spiro atoms. The highest BCUT2D eigenvalue weighted by molar-refractivity contribution is 7.19. The van der Waals surface area contributed by atoms with Crippen molar-refractivity contribution in [1.29, 1.82) is 0 Å². The van der Waals surface area contributed by atoms with Gasteiger partial charge in [-0.3, -0.25) is 4.79 Å². The molecule has 4 nitrogen and oxygen atoms in total. The molecule has 22 heavy (non-hydrogen) atoms. The Morgan fingerprint density at radius 2 is 2.09 bits per heavy atom. The number of carboxylic acids is 1. The normalized spacial score (nSPS) is 14.5. The van der Waals surface area contributed by atoms with Crippen LogP contribution in [0.3, 0.4) is 0 Å². The van der Waals surface area contributed by atoms with E-state index in [4.69, 9.17) is 0 Å². The molecule has 1 N–H and O–H groups in total. The number of carboxylic acid groups (broad SMARTS) is 1. The molecule has 1 aliphatic carbocycles. The molecule has 0 atom stereocenters. The molecule has 0 amide bonds. The van der Waals surface area contributed by atoms with Crippen LogP contribution in [0.2, 0.25) is 0 Å². The van der Waals surface area contributed by atoms with E-state index in [1.807, 2.05) is 0 Å². The molecule has 118 valence electrons. The van der Waals surface area contributed by atoms with Crippen LogP contribution in [0.5, 0.6) is 0 Å². The van der Waals surface area contributed by atoms with Gasteiger partial charge in [-0.25, -0.2) is 4.79 Å². The van der Waals surface area contributed by atoms with Gasteiger partial charge in [-0.05, 0) is 49.7 Å². The maximum atomic E-state index is 12.9. The molecule has 0 aliphatic heterocycles. The van der Waals surface area contributed by atoms with Crippen molar-refractivity contribution in [2.75, 3.05) is 0 Å². The van der Waals surface area contributed by atoms with Crippen LogP contribution in [0.1, 0.15) is 54.0 Å². The number of hydrogen-bond acceptors (Lipinski definition) is 3. The molecule has 0 unspecified atom stereocenters. The highest BCUT2D eigenvalue weighted by atomic mass is 32.1. The van der Waals surface area contributed by atoms with Crippen LogP contribution in [0, 0.1) is 5.92 Å². The van der Waals surface area contributed by atoms with Crippen LogP contribution in [0.15, 0.2) is 10.9 Å². The molecule has 0 aromatic carbocycles. The van der Waals surface area contributed by atoms with Crippen molar-refractivity contribution in [2.24, 2.45) is 5.92 Å². The van der Waals surface area contributed by atoms with Crippen molar-refractivity contribution in [2.45, 2.75) is 52.5 Å². The number of aromatic carboxylic acids is 1. The molecular formula is C17H21NO3S. The van der Waals surface area contributed by atoms with Crippen molar-refractivity contribution in [3.8, 4) is 0 Å². The van der Waals surface area contributed by atoms with E-state index in [0.29, 0.717) is 12.5 Å². The summed E-state index contributed by atoms with van der Waals surface area (Å²) in [5.74, 6) is -0.588. The fourth-order valence-corrected chi connectivity index (χ4v) is 4.48. The molecular weight excluding hydrogens is 298 g/mol. The van der Waals surface area contributed by atoms with E-state index in [0.717, 1.165) is 42.2 Å². The van der Waals surface area contributed by atoms with Gasteiger partial charge in [-0.2, -0.15) is 0 Å². The smallest absolute Gasteiger partial charge is 0.352 e. The van der Waals surface area contributed by atoms with Gasteiger partial charge in [0.25, 0.3) is 5.56 Å². The van der Waals surface area contributed by atoms with Crippen LogP contribution in [0.25, 0.3) is 10.1 Å². The second-order valence-electron chi connectivity index (χ2n) is 6.42. The van der Waals surface area contributed by atoms with E-state index in [2.05, 4.69) is 13.8 Å². The molecule has 2 aromatic rings. The maximum Gasteiger partial charge on any atom is 0.352 e. The van der Waals surface area contributed by atoms with Crippen molar-refractivity contribution in [1.82, 2.24) is 4.57 Å². The number of rotatable bonds is 4. The first-order valence-corrected chi connectivity index (χ1v) is 8.72. The fourth-order valence-electron chi connectivity index (χ4n) is 3.16. The third-order valence-electron chi connectivity index (χ3n) is 4.37. The summed E-state index contributed by atoms with van der Waals surface area (Å²) < 4.78 is 2.31. The lowest BCUT2D eigenvalue weighted by Gasteiger charge is -2.13. The number of aryl methyl sites for hydroxylation is 2. The average molecular weight is 319 g/mol. The van der Waals surface area contributed by atoms with Gasteiger partial charge in [-0.1, -0.05) is 13.8 Å². The van der Waals surface area contributed by atoms with Gasteiger partial charge < -0.3 is 9.67 Å². The predicted octanol–water partition coefficient (Wildman–Crippen LogP) is 3.69. The van der Waals surface area contributed by atoms with Gasteiger partial charge in [0.1, 0.15) is 5.69 Å². The van der Waals surface area contributed by atoms with E-state index in [1.165, 1.54) is 15.0 Å². The summed E-state index contributed by atoms with van der Waals surface area (Å²) in [5.41, 5.74) is 1.18. The van der Waals surface area contributed by atoms with Gasteiger partial charge in [0.15, 0.2) is 0 Å². The number of nitrogens with zero attached hydrogens (tertiary/aromatic N) is 1. The minimum absolute atomic E-state index is 0.116. The Kier molecular flexibility index (Phi) is 4.08. The van der Waals surface area contributed by atoms with Crippen LogP contribution in [0.4, 0.5) is 0 Å². The van der Waals surface area contributed by atoms with Crippen molar-refractivity contribution in [3.05, 3.63) is 32.6 Å². The summed E-state index contributed by atoms with van der Waals surface area (Å²) in [4.78, 5) is 25.7. The summed E-state index contributed by atoms with van der Waals surface area (Å²) in [6.07, 6.45) is 5.04. The van der Waals surface area contributed by atoms with Crippen molar-refractivity contribution < 1.29 is 9.90 Å². The van der Waals surface area contributed by atoms with E-state index in [-0.39, 0.29) is 11.3 Å². The molecule has 0 saturated heterocycles. The van der Waals surface area contributed by atoms with E-state index in [9.17, 15) is 14.7 Å². The van der Waals surface area contributed by atoms with Gasteiger partial charge >= 0.3 is 5.97 Å². The Labute approximate surface area is 133 Å². The third kappa shape index (κ3) is 2.58. The number of aromatic nitrogens is 1. The van der Waals surface area contributed by atoms with Crippen molar-refractivity contribution in [3.63, 3.8) is 0 Å².